The predicted octanol–water partition coefficient (Wildman–Crippen LogP) is 1.98. The maximum Gasteiger partial charge on any atom is 0.121 e. The smallest absolute Gasteiger partial charge is 0.121 e. The number of rotatable bonds is 5. The standard InChI is InChI=1S/C12H18O3/c1-9(13)10(2)15-12-6-4-5-11(7-12)8-14-3/h4-7,9-10,13H,8H2,1-3H3. The lowest BCUT2D eigenvalue weighted by atomic mass is 10.2. The van der Waals surface area contributed by atoms with Gasteiger partial charge in [-0.1, -0.05) is 12.1 Å². The SMILES string of the molecule is COCc1cccc(OC(C)C(C)O)c1. The molecule has 0 aliphatic carbocycles. The van der Waals surface area contributed by atoms with Gasteiger partial charge in [0.05, 0.1) is 12.7 Å². The first-order valence-electron chi connectivity index (χ1n) is 5.06. The molecule has 0 heterocycles. The first-order valence-corrected chi connectivity index (χ1v) is 5.06. The fourth-order valence-corrected chi connectivity index (χ4v) is 1.19. The molecular weight excluding hydrogens is 192 g/mol. The van der Waals surface area contributed by atoms with Crippen molar-refractivity contribution in [3.8, 4) is 5.75 Å². The number of ether oxygens (including phenoxy) is 2. The van der Waals surface area contributed by atoms with Crippen molar-refractivity contribution < 1.29 is 14.6 Å². The fourth-order valence-electron chi connectivity index (χ4n) is 1.19. The molecule has 0 saturated carbocycles. The summed E-state index contributed by atoms with van der Waals surface area (Å²) in [7, 11) is 1.66. The summed E-state index contributed by atoms with van der Waals surface area (Å²) in [6, 6.07) is 7.68. The molecule has 3 heteroatoms. The monoisotopic (exact) mass is 210 g/mol. The van der Waals surface area contributed by atoms with Crippen molar-refractivity contribution in [3.63, 3.8) is 0 Å². The first kappa shape index (κ1) is 12.0. The normalized spacial score (nSPS) is 14.7. The molecule has 0 spiro atoms. The summed E-state index contributed by atoms with van der Waals surface area (Å²) in [6.45, 7) is 4.12. The lowest BCUT2D eigenvalue weighted by molar-refractivity contribution is 0.0603. The number of benzene rings is 1. The molecule has 0 aromatic heterocycles. The molecule has 84 valence electrons. The molecule has 1 aromatic rings. The molecule has 0 fully saturated rings. The number of hydrogen-bond acceptors (Lipinski definition) is 3. The van der Waals surface area contributed by atoms with E-state index in [1.807, 2.05) is 31.2 Å². The van der Waals surface area contributed by atoms with Crippen LogP contribution in [0.5, 0.6) is 5.75 Å². The molecule has 0 aliphatic rings. The van der Waals surface area contributed by atoms with Crippen LogP contribution < -0.4 is 4.74 Å². The van der Waals surface area contributed by atoms with Gasteiger partial charge in [0.25, 0.3) is 0 Å². The quantitative estimate of drug-likeness (QED) is 0.807. The molecule has 0 aliphatic heterocycles. The topological polar surface area (TPSA) is 38.7 Å². The van der Waals surface area contributed by atoms with E-state index >= 15 is 0 Å². The van der Waals surface area contributed by atoms with Crippen molar-refractivity contribution in [1.29, 1.82) is 0 Å². The highest BCUT2D eigenvalue weighted by Crippen LogP contribution is 2.16. The Kier molecular flexibility index (Phi) is 4.59. The van der Waals surface area contributed by atoms with E-state index in [1.165, 1.54) is 0 Å². The average Bonchev–Trinajstić information content (AvgIpc) is 2.18. The molecule has 2 unspecified atom stereocenters. The van der Waals surface area contributed by atoms with Gasteiger partial charge >= 0.3 is 0 Å². The molecule has 2 atom stereocenters. The molecule has 1 aromatic carbocycles. The van der Waals surface area contributed by atoms with Crippen molar-refractivity contribution in [2.45, 2.75) is 32.7 Å². The van der Waals surface area contributed by atoms with E-state index in [4.69, 9.17) is 9.47 Å². The third-order valence-electron chi connectivity index (χ3n) is 2.21. The van der Waals surface area contributed by atoms with Gasteiger partial charge in [-0.3, -0.25) is 0 Å². The third kappa shape index (κ3) is 3.90. The van der Waals surface area contributed by atoms with Crippen molar-refractivity contribution in [1.82, 2.24) is 0 Å². The maximum absolute atomic E-state index is 9.31. The Hall–Kier alpha value is -1.06. The highest BCUT2D eigenvalue weighted by atomic mass is 16.5. The number of methoxy groups -OCH3 is 1. The van der Waals surface area contributed by atoms with E-state index in [9.17, 15) is 5.11 Å². The minimum atomic E-state index is -0.476. The Balaban J connectivity index is 2.64. The largest absolute Gasteiger partial charge is 0.488 e. The molecule has 0 amide bonds. The Morgan fingerprint density at radius 3 is 2.67 bits per heavy atom. The number of aliphatic hydroxyl groups is 1. The van der Waals surface area contributed by atoms with Crippen LogP contribution in [0.3, 0.4) is 0 Å². The summed E-state index contributed by atoms with van der Waals surface area (Å²) >= 11 is 0. The summed E-state index contributed by atoms with van der Waals surface area (Å²) < 4.78 is 10.6. The van der Waals surface area contributed by atoms with Gasteiger partial charge in [0.1, 0.15) is 11.9 Å². The highest BCUT2D eigenvalue weighted by molar-refractivity contribution is 5.28. The van der Waals surface area contributed by atoms with Gasteiger partial charge < -0.3 is 14.6 Å². The first-order chi connectivity index (χ1) is 7.13. The Morgan fingerprint density at radius 2 is 2.07 bits per heavy atom. The summed E-state index contributed by atoms with van der Waals surface area (Å²) in [5.41, 5.74) is 1.06. The van der Waals surface area contributed by atoms with Crippen LogP contribution in [0, 0.1) is 0 Å². The second-order valence-corrected chi connectivity index (χ2v) is 3.64. The van der Waals surface area contributed by atoms with E-state index < -0.39 is 6.10 Å². The van der Waals surface area contributed by atoms with Gasteiger partial charge in [-0.2, -0.15) is 0 Å². The van der Waals surface area contributed by atoms with E-state index in [0.717, 1.165) is 11.3 Å². The summed E-state index contributed by atoms with van der Waals surface area (Å²) in [5.74, 6) is 0.762. The van der Waals surface area contributed by atoms with Crippen molar-refractivity contribution >= 4 is 0 Å². The molecule has 1 rings (SSSR count). The zero-order chi connectivity index (χ0) is 11.3. The van der Waals surface area contributed by atoms with Crippen LogP contribution >= 0.6 is 0 Å². The van der Waals surface area contributed by atoms with Gasteiger partial charge in [0.2, 0.25) is 0 Å². The molecule has 1 N–H and O–H groups in total. The van der Waals surface area contributed by atoms with Crippen LogP contribution in [0.25, 0.3) is 0 Å². The summed E-state index contributed by atoms with van der Waals surface area (Å²) in [4.78, 5) is 0. The van der Waals surface area contributed by atoms with Crippen LogP contribution in [0.15, 0.2) is 24.3 Å². The zero-order valence-electron chi connectivity index (χ0n) is 9.43. The Labute approximate surface area is 90.6 Å². The molecule has 0 radical (unpaired) electrons. The molecular formula is C12H18O3. The van der Waals surface area contributed by atoms with Crippen LogP contribution in [0.1, 0.15) is 19.4 Å². The number of hydrogen-bond donors (Lipinski definition) is 1. The maximum atomic E-state index is 9.31. The van der Waals surface area contributed by atoms with E-state index in [2.05, 4.69) is 0 Å². The summed E-state index contributed by atoms with van der Waals surface area (Å²) in [5, 5.41) is 9.31. The fraction of sp³-hybridized carbons (Fsp3) is 0.500. The van der Waals surface area contributed by atoms with Gasteiger partial charge in [-0.05, 0) is 31.5 Å². The molecule has 3 nitrogen and oxygen atoms in total. The van der Waals surface area contributed by atoms with Gasteiger partial charge in [-0.25, -0.2) is 0 Å². The van der Waals surface area contributed by atoms with Crippen LogP contribution in [-0.4, -0.2) is 24.4 Å². The minimum absolute atomic E-state index is 0.206. The van der Waals surface area contributed by atoms with Gasteiger partial charge in [-0.15, -0.1) is 0 Å². The highest BCUT2D eigenvalue weighted by Gasteiger charge is 2.10. The lowest BCUT2D eigenvalue weighted by Crippen LogP contribution is -2.25. The van der Waals surface area contributed by atoms with Crippen molar-refractivity contribution in [3.05, 3.63) is 29.8 Å². The second-order valence-electron chi connectivity index (χ2n) is 3.64. The molecule has 0 bridgehead atoms. The second kappa shape index (κ2) is 5.73. The Bertz CT molecular complexity index is 297. The third-order valence-corrected chi connectivity index (χ3v) is 2.21. The minimum Gasteiger partial charge on any atom is -0.488 e. The number of aliphatic hydroxyl groups excluding tert-OH is 1. The Morgan fingerprint density at radius 1 is 1.33 bits per heavy atom. The lowest BCUT2D eigenvalue weighted by Gasteiger charge is -2.17. The average molecular weight is 210 g/mol. The predicted molar refractivity (Wildman–Crippen MR) is 58.9 cm³/mol. The summed E-state index contributed by atoms with van der Waals surface area (Å²) in [6.07, 6.45) is -0.682. The van der Waals surface area contributed by atoms with E-state index in [1.54, 1.807) is 14.0 Å². The van der Waals surface area contributed by atoms with Crippen LogP contribution in [-0.2, 0) is 11.3 Å². The van der Waals surface area contributed by atoms with Gasteiger partial charge in [0.15, 0.2) is 0 Å². The van der Waals surface area contributed by atoms with E-state index in [-0.39, 0.29) is 6.10 Å². The molecule has 15 heavy (non-hydrogen) atoms. The van der Waals surface area contributed by atoms with Crippen LogP contribution in [0.2, 0.25) is 0 Å². The van der Waals surface area contributed by atoms with E-state index in [0.29, 0.717) is 6.61 Å². The molecule has 0 saturated heterocycles. The van der Waals surface area contributed by atoms with Crippen LogP contribution in [0.4, 0.5) is 0 Å². The van der Waals surface area contributed by atoms with Crippen molar-refractivity contribution in [2.75, 3.05) is 7.11 Å². The van der Waals surface area contributed by atoms with Gasteiger partial charge in [0, 0.05) is 7.11 Å². The zero-order valence-corrected chi connectivity index (χ0v) is 9.43. The van der Waals surface area contributed by atoms with Crippen molar-refractivity contribution in [2.24, 2.45) is 0 Å².